The van der Waals surface area contributed by atoms with Gasteiger partial charge in [-0.1, -0.05) is 13.0 Å². The van der Waals surface area contributed by atoms with Crippen LogP contribution in [0.2, 0.25) is 0 Å². The van der Waals surface area contributed by atoms with Gasteiger partial charge in [-0.05, 0) is 44.5 Å². The largest absolute Gasteiger partial charge is 0.488 e. The molecular formula is C13H19NO. The second kappa shape index (κ2) is 3.86. The summed E-state index contributed by atoms with van der Waals surface area (Å²) < 4.78 is 5.96. The van der Waals surface area contributed by atoms with Gasteiger partial charge in [0, 0.05) is 5.56 Å². The Morgan fingerprint density at radius 3 is 2.67 bits per heavy atom. The highest BCUT2D eigenvalue weighted by atomic mass is 16.5. The minimum atomic E-state index is 0.283. The molecule has 1 heterocycles. The van der Waals surface area contributed by atoms with E-state index in [1.165, 1.54) is 16.7 Å². The molecule has 0 fully saturated rings. The number of aryl methyl sites for hydroxylation is 2. The Bertz CT molecular complexity index is 373. The van der Waals surface area contributed by atoms with Crippen LogP contribution in [-0.4, -0.2) is 13.2 Å². The van der Waals surface area contributed by atoms with Gasteiger partial charge in [-0.3, -0.25) is 0 Å². The third-order valence-electron chi connectivity index (χ3n) is 3.17. The van der Waals surface area contributed by atoms with Gasteiger partial charge in [0.25, 0.3) is 0 Å². The van der Waals surface area contributed by atoms with Crippen molar-refractivity contribution in [2.45, 2.75) is 39.3 Å². The van der Waals surface area contributed by atoms with Crippen molar-refractivity contribution >= 4 is 0 Å². The molecule has 15 heavy (non-hydrogen) atoms. The molecule has 0 spiro atoms. The van der Waals surface area contributed by atoms with Crippen LogP contribution >= 0.6 is 0 Å². The third kappa shape index (κ3) is 1.63. The predicted molar refractivity (Wildman–Crippen MR) is 62.4 cm³/mol. The summed E-state index contributed by atoms with van der Waals surface area (Å²) in [5.41, 5.74) is 3.95. The van der Waals surface area contributed by atoms with Crippen molar-refractivity contribution in [2.24, 2.45) is 0 Å². The highest BCUT2D eigenvalue weighted by Gasteiger charge is 2.33. The van der Waals surface area contributed by atoms with Gasteiger partial charge in [-0.15, -0.1) is 0 Å². The Morgan fingerprint density at radius 1 is 1.33 bits per heavy atom. The van der Waals surface area contributed by atoms with E-state index in [0.717, 1.165) is 12.2 Å². The predicted octanol–water partition coefficient (Wildman–Crippen LogP) is 2.73. The molecule has 0 aliphatic carbocycles. The molecular weight excluding hydrogens is 186 g/mol. The standard InChI is InChI=1S/C13H19NO/c1-5-10-13(14-4)12-9(3)6-8(2)7-11(12)15-10/h6-7,10,13-14H,5H2,1-4H3. The van der Waals surface area contributed by atoms with Gasteiger partial charge in [0.1, 0.15) is 11.9 Å². The molecule has 1 aliphatic rings. The van der Waals surface area contributed by atoms with Crippen LogP contribution in [0.15, 0.2) is 12.1 Å². The number of rotatable bonds is 2. The molecule has 2 heteroatoms. The quantitative estimate of drug-likeness (QED) is 0.801. The van der Waals surface area contributed by atoms with Crippen LogP contribution < -0.4 is 10.1 Å². The van der Waals surface area contributed by atoms with Gasteiger partial charge >= 0.3 is 0 Å². The van der Waals surface area contributed by atoms with Gasteiger partial charge in [0.05, 0.1) is 6.04 Å². The number of benzene rings is 1. The molecule has 0 saturated carbocycles. The number of ether oxygens (including phenoxy) is 1. The minimum Gasteiger partial charge on any atom is -0.488 e. The molecule has 1 aromatic carbocycles. The molecule has 2 rings (SSSR count). The SMILES string of the molecule is CCC1Oc2cc(C)cc(C)c2C1NC. The molecule has 2 unspecified atom stereocenters. The maximum Gasteiger partial charge on any atom is 0.125 e. The molecule has 1 aromatic rings. The number of hydrogen-bond donors (Lipinski definition) is 1. The van der Waals surface area contributed by atoms with Crippen LogP contribution in [0.3, 0.4) is 0 Å². The van der Waals surface area contributed by atoms with Crippen molar-refractivity contribution < 1.29 is 4.74 Å². The van der Waals surface area contributed by atoms with Crippen LogP contribution in [0.1, 0.15) is 36.1 Å². The topological polar surface area (TPSA) is 21.3 Å². The van der Waals surface area contributed by atoms with Crippen molar-refractivity contribution in [1.82, 2.24) is 5.32 Å². The molecule has 82 valence electrons. The van der Waals surface area contributed by atoms with Crippen molar-refractivity contribution in [3.8, 4) is 5.75 Å². The van der Waals surface area contributed by atoms with E-state index in [2.05, 4.69) is 38.2 Å². The Morgan fingerprint density at radius 2 is 2.07 bits per heavy atom. The molecule has 0 aromatic heterocycles. The summed E-state index contributed by atoms with van der Waals surface area (Å²) in [5.74, 6) is 1.07. The third-order valence-corrected chi connectivity index (χ3v) is 3.17. The normalized spacial score (nSPS) is 23.7. The zero-order chi connectivity index (χ0) is 11.0. The van der Waals surface area contributed by atoms with Crippen LogP contribution in [0.25, 0.3) is 0 Å². The Labute approximate surface area is 91.6 Å². The van der Waals surface area contributed by atoms with E-state index in [1.54, 1.807) is 0 Å². The number of hydrogen-bond acceptors (Lipinski definition) is 2. The van der Waals surface area contributed by atoms with Crippen molar-refractivity contribution in [3.05, 3.63) is 28.8 Å². The first-order chi connectivity index (χ1) is 7.17. The summed E-state index contributed by atoms with van der Waals surface area (Å²) >= 11 is 0. The summed E-state index contributed by atoms with van der Waals surface area (Å²) in [6.07, 6.45) is 1.32. The van der Waals surface area contributed by atoms with Crippen molar-refractivity contribution in [1.29, 1.82) is 0 Å². The monoisotopic (exact) mass is 205 g/mol. The summed E-state index contributed by atoms with van der Waals surface area (Å²) in [4.78, 5) is 0. The van der Waals surface area contributed by atoms with E-state index in [1.807, 2.05) is 7.05 Å². The summed E-state index contributed by atoms with van der Waals surface area (Å²) in [7, 11) is 2.01. The van der Waals surface area contributed by atoms with E-state index in [-0.39, 0.29) is 6.10 Å². The maximum absolute atomic E-state index is 5.96. The lowest BCUT2D eigenvalue weighted by Crippen LogP contribution is -2.27. The van der Waals surface area contributed by atoms with Crippen LogP contribution in [-0.2, 0) is 0 Å². The second-order valence-corrected chi connectivity index (χ2v) is 4.32. The lowest BCUT2D eigenvalue weighted by atomic mass is 9.96. The van der Waals surface area contributed by atoms with E-state index in [9.17, 15) is 0 Å². The van der Waals surface area contributed by atoms with Gasteiger partial charge in [-0.25, -0.2) is 0 Å². The molecule has 2 nitrogen and oxygen atoms in total. The lowest BCUT2D eigenvalue weighted by molar-refractivity contribution is 0.189. The van der Waals surface area contributed by atoms with Crippen molar-refractivity contribution in [2.75, 3.05) is 7.05 Å². The first-order valence-electron chi connectivity index (χ1n) is 5.62. The smallest absolute Gasteiger partial charge is 0.125 e. The van der Waals surface area contributed by atoms with E-state index in [4.69, 9.17) is 4.74 Å². The van der Waals surface area contributed by atoms with E-state index < -0.39 is 0 Å². The Balaban J connectivity index is 2.47. The Kier molecular flexibility index (Phi) is 2.70. The second-order valence-electron chi connectivity index (χ2n) is 4.32. The number of nitrogens with one attached hydrogen (secondary N) is 1. The van der Waals surface area contributed by atoms with Crippen LogP contribution in [0.4, 0.5) is 0 Å². The molecule has 1 aliphatic heterocycles. The molecule has 1 N–H and O–H groups in total. The highest BCUT2D eigenvalue weighted by molar-refractivity contribution is 5.48. The maximum atomic E-state index is 5.96. The van der Waals surface area contributed by atoms with Crippen molar-refractivity contribution in [3.63, 3.8) is 0 Å². The molecule has 2 atom stereocenters. The zero-order valence-corrected chi connectivity index (χ0v) is 9.92. The van der Waals surface area contributed by atoms with Gasteiger partial charge in [0.15, 0.2) is 0 Å². The fourth-order valence-electron chi connectivity index (χ4n) is 2.50. The molecule has 0 radical (unpaired) electrons. The number of fused-ring (bicyclic) bond motifs is 1. The highest BCUT2D eigenvalue weighted by Crippen LogP contribution is 2.40. The fourth-order valence-corrected chi connectivity index (χ4v) is 2.50. The summed E-state index contributed by atoms with van der Waals surface area (Å²) in [6.45, 7) is 6.45. The van der Waals surface area contributed by atoms with Gasteiger partial charge in [-0.2, -0.15) is 0 Å². The minimum absolute atomic E-state index is 0.283. The fraction of sp³-hybridized carbons (Fsp3) is 0.538. The Hall–Kier alpha value is -1.02. The number of likely N-dealkylation sites (N-methyl/N-ethyl adjacent to an activating group) is 1. The van der Waals surface area contributed by atoms with Gasteiger partial charge < -0.3 is 10.1 Å². The summed E-state index contributed by atoms with van der Waals surface area (Å²) in [5, 5.41) is 3.36. The van der Waals surface area contributed by atoms with Crippen LogP contribution in [0, 0.1) is 13.8 Å². The van der Waals surface area contributed by atoms with Crippen LogP contribution in [0.5, 0.6) is 5.75 Å². The molecule has 0 amide bonds. The first-order valence-corrected chi connectivity index (χ1v) is 5.62. The average molecular weight is 205 g/mol. The van der Waals surface area contributed by atoms with E-state index in [0.29, 0.717) is 6.04 Å². The zero-order valence-electron chi connectivity index (χ0n) is 9.92. The van der Waals surface area contributed by atoms with Gasteiger partial charge in [0.2, 0.25) is 0 Å². The average Bonchev–Trinajstić information content (AvgIpc) is 2.55. The summed E-state index contributed by atoms with van der Waals surface area (Å²) in [6, 6.07) is 4.72. The lowest BCUT2D eigenvalue weighted by Gasteiger charge is -2.17. The molecule has 0 saturated heterocycles. The molecule has 0 bridgehead atoms. The first kappa shape index (κ1) is 10.5. The van der Waals surface area contributed by atoms with E-state index >= 15 is 0 Å².